The van der Waals surface area contributed by atoms with Crippen LogP contribution in [0, 0.1) is 20.8 Å². The van der Waals surface area contributed by atoms with Crippen molar-refractivity contribution in [2.75, 3.05) is 18.4 Å². The van der Waals surface area contributed by atoms with E-state index in [1.165, 1.54) is 11.1 Å². The molecule has 0 aromatic heterocycles. The van der Waals surface area contributed by atoms with Crippen molar-refractivity contribution in [2.45, 2.75) is 46.0 Å². The van der Waals surface area contributed by atoms with E-state index in [9.17, 15) is 9.59 Å². The molecule has 3 rings (SSSR count). The average molecular weight is 380 g/mol. The number of benzene rings is 2. The number of urea groups is 1. The van der Waals surface area contributed by atoms with Crippen molar-refractivity contribution >= 4 is 17.6 Å². The van der Waals surface area contributed by atoms with Gasteiger partial charge in [0.05, 0.1) is 6.54 Å². The van der Waals surface area contributed by atoms with Crippen LogP contribution in [0.1, 0.15) is 46.6 Å². The largest absolute Gasteiger partial charge is 0.338 e. The van der Waals surface area contributed by atoms with Crippen molar-refractivity contribution < 1.29 is 9.59 Å². The summed E-state index contributed by atoms with van der Waals surface area (Å²) in [5, 5.41) is 8.47. The summed E-state index contributed by atoms with van der Waals surface area (Å²) < 4.78 is 0. The lowest BCUT2D eigenvalue weighted by atomic mass is 9.83. The maximum absolute atomic E-state index is 12.2. The van der Waals surface area contributed by atoms with Gasteiger partial charge in [-0.3, -0.25) is 4.79 Å². The van der Waals surface area contributed by atoms with Gasteiger partial charge in [0.2, 0.25) is 5.91 Å². The highest BCUT2D eigenvalue weighted by atomic mass is 16.2. The number of rotatable bonds is 5. The predicted octanol–water partition coefficient (Wildman–Crippen LogP) is 3.97. The number of amides is 3. The number of aryl methyl sites for hydroxylation is 4. The van der Waals surface area contributed by atoms with Gasteiger partial charge >= 0.3 is 6.03 Å². The van der Waals surface area contributed by atoms with Gasteiger partial charge in [0.1, 0.15) is 0 Å². The molecule has 0 spiro atoms. The lowest BCUT2D eigenvalue weighted by Gasteiger charge is -2.25. The molecular weight excluding hydrogens is 350 g/mol. The zero-order valence-corrected chi connectivity index (χ0v) is 16.9. The molecule has 1 aliphatic carbocycles. The van der Waals surface area contributed by atoms with Crippen molar-refractivity contribution in [1.29, 1.82) is 0 Å². The summed E-state index contributed by atoms with van der Waals surface area (Å²) in [5.74, 6) is 0.107. The van der Waals surface area contributed by atoms with E-state index in [0.29, 0.717) is 12.5 Å². The highest BCUT2D eigenvalue weighted by Crippen LogP contribution is 2.30. The van der Waals surface area contributed by atoms with Crippen LogP contribution in [0.2, 0.25) is 0 Å². The van der Waals surface area contributed by atoms with Gasteiger partial charge in [-0.2, -0.15) is 0 Å². The van der Waals surface area contributed by atoms with Crippen molar-refractivity contribution in [3.63, 3.8) is 0 Å². The Hall–Kier alpha value is -2.82. The highest BCUT2D eigenvalue weighted by molar-refractivity contribution is 5.95. The van der Waals surface area contributed by atoms with Gasteiger partial charge in [-0.25, -0.2) is 4.79 Å². The third-order valence-electron chi connectivity index (χ3n) is 5.35. The molecule has 1 aliphatic rings. The Labute approximate surface area is 166 Å². The minimum absolute atomic E-state index is 0.0557. The van der Waals surface area contributed by atoms with Crippen LogP contribution < -0.4 is 16.0 Å². The van der Waals surface area contributed by atoms with Crippen LogP contribution in [0.5, 0.6) is 0 Å². The predicted molar refractivity (Wildman–Crippen MR) is 113 cm³/mol. The molecule has 0 bridgehead atoms. The van der Waals surface area contributed by atoms with Gasteiger partial charge in [0.15, 0.2) is 0 Å². The average Bonchev–Trinajstić information content (AvgIpc) is 2.67. The molecule has 28 heavy (non-hydrogen) atoms. The summed E-state index contributed by atoms with van der Waals surface area (Å²) in [7, 11) is 0. The monoisotopic (exact) mass is 379 g/mol. The molecule has 148 valence electrons. The molecular formula is C23H29N3O2. The summed E-state index contributed by atoms with van der Waals surface area (Å²) in [5.41, 5.74) is 6.73. The maximum atomic E-state index is 12.2. The van der Waals surface area contributed by atoms with Crippen molar-refractivity contribution in [2.24, 2.45) is 0 Å². The minimum atomic E-state index is -0.310. The van der Waals surface area contributed by atoms with E-state index in [1.807, 2.05) is 32.9 Å². The molecule has 2 aromatic carbocycles. The third-order valence-corrected chi connectivity index (χ3v) is 5.35. The quantitative estimate of drug-likeness (QED) is 0.736. The van der Waals surface area contributed by atoms with Crippen LogP contribution in [0.25, 0.3) is 0 Å². The van der Waals surface area contributed by atoms with E-state index >= 15 is 0 Å². The molecule has 0 saturated carbocycles. The summed E-state index contributed by atoms with van der Waals surface area (Å²) in [4.78, 5) is 24.4. The van der Waals surface area contributed by atoms with Crippen molar-refractivity contribution in [3.05, 3.63) is 64.2 Å². The molecule has 0 fully saturated rings. The summed E-state index contributed by atoms with van der Waals surface area (Å²) in [6.45, 7) is 6.50. The van der Waals surface area contributed by atoms with Crippen LogP contribution >= 0.6 is 0 Å². The standard InChI is InChI=1S/C23H29N3O2/c1-15-11-16(2)22(17(3)12-15)26-21(27)14-25-23(28)24-13-19-9-6-8-18-7-4-5-10-20(18)19/h4-5,7,10-12,19H,6,8-9,13-14H2,1-3H3,(H,26,27)(H2,24,25,28). The summed E-state index contributed by atoms with van der Waals surface area (Å²) in [6.07, 6.45) is 3.32. The molecule has 5 heteroatoms. The van der Waals surface area contributed by atoms with E-state index in [4.69, 9.17) is 0 Å². The fourth-order valence-corrected chi connectivity index (χ4v) is 4.07. The van der Waals surface area contributed by atoms with Gasteiger partial charge < -0.3 is 16.0 Å². The Morgan fingerprint density at radius 1 is 1.04 bits per heavy atom. The molecule has 2 aromatic rings. The lowest BCUT2D eigenvalue weighted by Crippen LogP contribution is -2.41. The van der Waals surface area contributed by atoms with Crippen LogP contribution in [0.15, 0.2) is 36.4 Å². The number of nitrogens with one attached hydrogen (secondary N) is 3. The molecule has 3 N–H and O–H groups in total. The van der Waals surface area contributed by atoms with E-state index < -0.39 is 0 Å². The molecule has 0 heterocycles. The zero-order valence-electron chi connectivity index (χ0n) is 16.9. The normalized spacial score (nSPS) is 15.5. The molecule has 1 atom stereocenters. The van der Waals surface area contributed by atoms with Gasteiger partial charge in [-0.15, -0.1) is 0 Å². The van der Waals surface area contributed by atoms with Gasteiger partial charge in [0, 0.05) is 18.2 Å². The summed E-state index contributed by atoms with van der Waals surface area (Å²) in [6, 6.07) is 12.2. The molecule has 3 amide bonds. The topological polar surface area (TPSA) is 70.2 Å². The first kappa shape index (κ1) is 19.9. The van der Waals surface area contributed by atoms with Crippen molar-refractivity contribution in [1.82, 2.24) is 10.6 Å². The number of carbonyl (C=O) groups excluding carboxylic acids is 2. The van der Waals surface area contributed by atoms with Crippen LogP contribution in [-0.2, 0) is 11.2 Å². The van der Waals surface area contributed by atoms with Gasteiger partial charge in [0.25, 0.3) is 0 Å². The lowest BCUT2D eigenvalue weighted by molar-refractivity contribution is -0.115. The Bertz CT molecular complexity index is 853. The first-order valence-corrected chi connectivity index (χ1v) is 9.91. The summed E-state index contributed by atoms with van der Waals surface area (Å²) >= 11 is 0. The van der Waals surface area contributed by atoms with Crippen LogP contribution in [-0.4, -0.2) is 25.0 Å². The number of carbonyl (C=O) groups is 2. The Balaban J connectivity index is 1.47. The number of anilines is 1. The second-order valence-electron chi connectivity index (χ2n) is 7.67. The first-order chi connectivity index (χ1) is 13.4. The van der Waals surface area contributed by atoms with Crippen LogP contribution in [0.4, 0.5) is 10.5 Å². The van der Waals surface area contributed by atoms with E-state index in [2.05, 4.69) is 40.2 Å². The smallest absolute Gasteiger partial charge is 0.315 e. The van der Waals surface area contributed by atoms with Gasteiger partial charge in [-0.05, 0) is 62.3 Å². The molecule has 0 aliphatic heterocycles. The maximum Gasteiger partial charge on any atom is 0.315 e. The zero-order chi connectivity index (χ0) is 20.1. The second kappa shape index (κ2) is 8.91. The third kappa shape index (κ3) is 4.91. The number of hydrogen-bond donors (Lipinski definition) is 3. The molecule has 5 nitrogen and oxygen atoms in total. The van der Waals surface area contributed by atoms with E-state index in [0.717, 1.165) is 41.6 Å². The number of fused-ring (bicyclic) bond motifs is 1. The second-order valence-corrected chi connectivity index (χ2v) is 7.67. The van der Waals surface area contributed by atoms with Gasteiger partial charge in [-0.1, -0.05) is 42.0 Å². The fourth-order valence-electron chi connectivity index (χ4n) is 4.07. The van der Waals surface area contributed by atoms with E-state index in [1.54, 1.807) is 0 Å². The Kier molecular flexibility index (Phi) is 6.34. The first-order valence-electron chi connectivity index (χ1n) is 9.91. The number of hydrogen-bond acceptors (Lipinski definition) is 2. The van der Waals surface area contributed by atoms with E-state index in [-0.39, 0.29) is 18.5 Å². The van der Waals surface area contributed by atoms with Crippen LogP contribution in [0.3, 0.4) is 0 Å². The Morgan fingerprint density at radius 3 is 2.50 bits per heavy atom. The minimum Gasteiger partial charge on any atom is -0.338 e. The SMILES string of the molecule is Cc1cc(C)c(NC(=O)CNC(=O)NCC2CCCc3ccccc32)c(C)c1. The highest BCUT2D eigenvalue weighted by Gasteiger charge is 2.20. The van der Waals surface area contributed by atoms with Crippen molar-refractivity contribution in [3.8, 4) is 0 Å². The fraction of sp³-hybridized carbons (Fsp3) is 0.391. The molecule has 1 unspecified atom stereocenters. The molecule has 0 saturated heterocycles. The molecule has 0 radical (unpaired) electrons. The Morgan fingerprint density at radius 2 is 1.75 bits per heavy atom.